The number of anilines is 1. The first-order valence-corrected chi connectivity index (χ1v) is 11.6. The Balaban J connectivity index is 1.68. The van der Waals surface area contributed by atoms with E-state index < -0.39 is 21.8 Å². The molecule has 0 unspecified atom stereocenters. The molecule has 1 aliphatic rings. The van der Waals surface area contributed by atoms with Crippen LogP contribution in [0.1, 0.15) is 23.2 Å². The Bertz CT molecular complexity index is 1090. The molecule has 0 saturated carbocycles. The number of halogens is 3. The van der Waals surface area contributed by atoms with Crippen LogP contribution in [0.3, 0.4) is 0 Å². The minimum Gasteiger partial charge on any atom is -0.343 e. The monoisotopic (exact) mass is 489 g/mol. The highest BCUT2D eigenvalue weighted by Gasteiger charge is 2.29. The average molecular weight is 491 g/mol. The minimum absolute atomic E-state index is 0.0341. The number of benzene rings is 2. The van der Waals surface area contributed by atoms with Crippen molar-refractivity contribution in [2.45, 2.75) is 17.7 Å². The van der Waals surface area contributed by atoms with Gasteiger partial charge in [-0.25, -0.2) is 8.42 Å². The maximum Gasteiger partial charge on any atom is 0.251 e. The Morgan fingerprint density at radius 1 is 0.967 bits per heavy atom. The van der Waals surface area contributed by atoms with E-state index in [9.17, 15) is 18.0 Å². The summed E-state index contributed by atoms with van der Waals surface area (Å²) in [5.41, 5.74) is 0.389. The molecule has 0 aliphatic carbocycles. The second kappa shape index (κ2) is 9.53. The van der Waals surface area contributed by atoms with Gasteiger partial charge in [-0.05, 0) is 49.2 Å². The molecule has 0 aromatic heterocycles. The van der Waals surface area contributed by atoms with Crippen LogP contribution in [0.15, 0.2) is 41.3 Å². The van der Waals surface area contributed by atoms with E-state index in [0.717, 1.165) is 12.8 Å². The molecule has 0 bridgehead atoms. The smallest absolute Gasteiger partial charge is 0.251 e. The zero-order valence-corrected chi connectivity index (χ0v) is 18.7. The molecule has 0 spiro atoms. The summed E-state index contributed by atoms with van der Waals surface area (Å²) >= 11 is 18.0. The third-order valence-electron chi connectivity index (χ3n) is 4.49. The summed E-state index contributed by atoms with van der Waals surface area (Å²) in [6.07, 6.45) is 1.56. The largest absolute Gasteiger partial charge is 0.343 e. The molecule has 160 valence electrons. The number of carbonyl (C=O) groups is 2. The summed E-state index contributed by atoms with van der Waals surface area (Å²) < 4.78 is 26.9. The highest BCUT2D eigenvalue weighted by molar-refractivity contribution is 7.89. The SMILES string of the molecule is O=C(CNC(=O)c1ccc(Cl)c(S(=O)(=O)N2CCCC2)c1)Nc1cc(Cl)ccc1Cl. The molecule has 1 fully saturated rings. The van der Waals surface area contributed by atoms with Crippen LogP contribution < -0.4 is 10.6 Å². The van der Waals surface area contributed by atoms with E-state index in [4.69, 9.17) is 34.8 Å². The zero-order valence-electron chi connectivity index (χ0n) is 15.6. The maximum absolute atomic E-state index is 12.8. The Morgan fingerprint density at radius 2 is 1.63 bits per heavy atom. The van der Waals surface area contributed by atoms with Crippen molar-refractivity contribution in [2.24, 2.45) is 0 Å². The van der Waals surface area contributed by atoms with Gasteiger partial charge in [0.15, 0.2) is 0 Å². The number of rotatable bonds is 6. The van der Waals surface area contributed by atoms with Crippen molar-refractivity contribution in [1.29, 1.82) is 0 Å². The van der Waals surface area contributed by atoms with E-state index in [1.807, 2.05) is 0 Å². The summed E-state index contributed by atoms with van der Waals surface area (Å²) in [7, 11) is -3.79. The number of nitrogens with zero attached hydrogens (tertiary/aromatic N) is 1. The fourth-order valence-electron chi connectivity index (χ4n) is 2.96. The van der Waals surface area contributed by atoms with Gasteiger partial charge in [0.2, 0.25) is 15.9 Å². The standard InChI is InChI=1S/C19H18Cl3N3O4S/c20-13-4-6-14(21)16(10-13)24-18(26)11-23-19(27)12-3-5-15(22)17(9-12)30(28,29)25-7-1-2-8-25/h3-6,9-10H,1-2,7-8,11H2,(H,23,27)(H,24,26). The molecular weight excluding hydrogens is 473 g/mol. The molecule has 30 heavy (non-hydrogen) atoms. The predicted octanol–water partition coefficient (Wildman–Crippen LogP) is 3.80. The van der Waals surface area contributed by atoms with Gasteiger partial charge in [0.1, 0.15) is 4.90 Å². The van der Waals surface area contributed by atoms with Gasteiger partial charge in [0, 0.05) is 23.7 Å². The van der Waals surface area contributed by atoms with Crippen molar-refractivity contribution in [2.75, 3.05) is 25.0 Å². The van der Waals surface area contributed by atoms with Gasteiger partial charge >= 0.3 is 0 Å². The fraction of sp³-hybridized carbons (Fsp3) is 0.263. The summed E-state index contributed by atoms with van der Waals surface area (Å²) in [6, 6.07) is 8.57. The van der Waals surface area contributed by atoms with Crippen LogP contribution in [-0.2, 0) is 14.8 Å². The second-order valence-corrected chi connectivity index (χ2v) is 9.77. The molecule has 1 saturated heterocycles. The Hall–Kier alpha value is -1.84. The minimum atomic E-state index is -3.79. The number of amides is 2. The maximum atomic E-state index is 12.8. The van der Waals surface area contributed by atoms with Crippen molar-refractivity contribution < 1.29 is 18.0 Å². The normalized spacial score (nSPS) is 14.5. The quantitative estimate of drug-likeness (QED) is 0.644. The van der Waals surface area contributed by atoms with Crippen LogP contribution in [0, 0.1) is 0 Å². The first-order chi connectivity index (χ1) is 14.2. The van der Waals surface area contributed by atoms with Gasteiger partial charge in [-0.2, -0.15) is 4.31 Å². The summed E-state index contributed by atoms with van der Waals surface area (Å²) in [4.78, 5) is 24.4. The third kappa shape index (κ3) is 5.25. The van der Waals surface area contributed by atoms with E-state index in [1.54, 1.807) is 6.07 Å². The highest BCUT2D eigenvalue weighted by atomic mass is 35.5. The van der Waals surface area contributed by atoms with Gasteiger partial charge in [-0.3, -0.25) is 9.59 Å². The topological polar surface area (TPSA) is 95.6 Å². The zero-order chi connectivity index (χ0) is 21.9. The summed E-state index contributed by atoms with van der Waals surface area (Å²) in [6.45, 7) is 0.487. The lowest BCUT2D eigenvalue weighted by Gasteiger charge is -2.17. The Labute approximate surface area is 189 Å². The van der Waals surface area contributed by atoms with Crippen LogP contribution >= 0.6 is 34.8 Å². The van der Waals surface area contributed by atoms with E-state index in [1.165, 1.54) is 34.6 Å². The molecule has 0 radical (unpaired) electrons. The van der Waals surface area contributed by atoms with Crippen LogP contribution in [0.4, 0.5) is 5.69 Å². The van der Waals surface area contributed by atoms with E-state index in [2.05, 4.69) is 10.6 Å². The average Bonchev–Trinajstić information content (AvgIpc) is 3.25. The number of carbonyl (C=O) groups excluding carboxylic acids is 2. The second-order valence-electron chi connectivity index (χ2n) is 6.61. The lowest BCUT2D eigenvalue weighted by Crippen LogP contribution is -2.33. The lowest BCUT2D eigenvalue weighted by molar-refractivity contribution is -0.115. The predicted molar refractivity (Wildman–Crippen MR) is 117 cm³/mol. The first-order valence-electron chi connectivity index (χ1n) is 9.01. The molecule has 7 nitrogen and oxygen atoms in total. The van der Waals surface area contributed by atoms with Gasteiger partial charge in [-0.1, -0.05) is 34.8 Å². The van der Waals surface area contributed by atoms with Crippen LogP contribution in [0.5, 0.6) is 0 Å². The number of hydrogen-bond donors (Lipinski definition) is 2. The number of sulfonamides is 1. The van der Waals surface area contributed by atoms with Gasteiger partial charge < -0.3 is 10.6 Å². The molecule has 11 heteroatoms. The number of nitrogens with one attached hydrogen (secondary N) is 2. The molecule has 2 aromatic carbocycles. The van der Waals surface area contributed by atoms with Crippen molar-refractivity contribution >= 4 is 62.3 Å². The molecular formula is C19H18Cl3N3O4S. The van der Waals surface area contributed by atoms with Gasteiger partial charge in [0.05, 0.1) is 22.3 Å². The fourth-order valence-corrected chi connectivity index (χ4v) is 5.31. The Kier molecular flexibility index (Phi) is 7.26. The van der Waals surface area contributed by atoms with E-state index >= 15 is 0 Å². The van der Waals surface area contributed by atoms with Crippen LogP contribution in [0.25, 0.3) is 0 Å². The van der Waals surface area contributed by atoms with Crippen molar-refractivity contribution in [3.8, 4) is 0 Å². The van der Waals surface area contributed by atoms with E-state index in [-0.39, 0.29) is 22.0 Å². The molecule has 2 amide bonds. The molecule has 1 heterocycles. The van der Waals surface area contributed by atoms with Crippen molar-refractivity contribution in [3.05, 3.63) is 57.0 Å². The summed E-state index contributed by atoms with van der Waals surface area (Å²) in [5, 5.41) is 5.72. The molecule has 0 atom stereocenters. The van der Waals surface area contributed by atoms with Crippen molar-refractivity contribution in [3.63, 3.8) is 0 Å². The molecule has 3 rings (SSSR count). The number of hydrogen-bond acceptors (Lipinski definition) is 4. The molecule has 1 aliphatic heterocycles. The van der Waals surface area contributed by atoms with Gasteiger partial charge in [0.25, 0.3) is 5.91 Å². The molecule has 2 N–H and O–H groups in total. The third-order valence-corrected chi connectivity index (χ3v) is 7.43. The van der Waals surface area contributed by atoms with Crippen molar-refractivity contribution in [1.82, 2.24) is 9.62 Å². The van der Waals surface area contributed by atoms with Crippen LogP contribution in [-0.4, -0.2) is 44.2 Å². The lowest BCUT2D eigenvalue weighted by atomic mass is 10.2. The van der Waals surface area contributed by atoms with Crippen LogP contribution in [0.2, 0.25) is 15.1 Å². The molecule has 2 aromatic rings. The highest BCUT2D eigenvalue weighted by Crippen LogP contribution is 2.28. The summed E-state index contributed by atoms with van der Waals surface area (Å²) in [5.74, 6) is -1.14. The first kappa shape index (κ1) is 22.8. The Morgan fingerprint density at radius 3 is 2.33 bits per heavy atom. The van der Waals surface area contributed by atoms with E-state index in [0.29, 0.717) is 28.8 Å². The van der Waals surface area contributed by atoms with Gasteiger partial charge in [-0.15, -0.1) is 0 Å².